The number of nitrogens with one attached hydrogen (secondary N) is 1. The second-order valence-electron chi connectivity index (χ2n) is 8.74. The highest BCUT2D eigenvalue weighted by Crippen LogP contribution is 2.30. The van der Waals surface area contributed by atoms with Crippen LogP contribution in [0.2, 0.25) is 0 Å². The first-order chi connectivity index (χ1) is 15.7. The molecule has 1 aliphatic heterocycles. The monoisotopic (exact) mass is 447 g/mol. The van der Waals surface area contributed by atoms with E-state index in [-0.39, 0.29) is 5.91 Å². The molecule has 2 heterocycles. The molecule has 1 aromatic heterocycles. The zero-order valence-electron chi connectivity index (χ0n) is 18.5. The van der Waals surface area contributed by atoms with Gasteiger partial charge < -0.3 is 10.2 Å². The lowest BCUT2D eigenvalue weighted by molar-refractivity contribution is -0.121. The minimum Gasteiger partial charge on any atom is -0.353 e. The molecule has 6 nitrogen and oxygen atoms in total. The SMILES string of the molecule is Cc1ccc(SCc2nnc(N3Cc4ccccc4C3)n2CCCC(=O)NC2CC2)cc1. The van der Waals surface area contributed by atoms with Crippen LogP contribution in [0.5, 0.6) is 0 Å². The van der Waals surface area contributed by atoms with Crippen molar-refractivity contribution in [3.63, 3.8) is 0 Å². The average molecular weight is 448 g/mol. The third kappa shape index (κ3) is 4.99. The lowest BCUT2D eigenvalue weighted by Crippen LogP contribution is -2.25. The van der Waals surface area contributed by atoms with Crippen molar-refractivity contribution in [3.8, 4) is 0 Å². The molecule has 2 aromatic carbocycles. The smallest absolute Gasteiger partial charge is 0.227 e. The number of rotatable bonds is 9. The Kier molecular flexibility index (Phi) is 6.17. The van der Waals surface area contributed by atoms with Crippen LogP contribution in [0.1, 0.15) is 48.2 Å². The predicted octanol–water partition coefficient (Wildman–Crippen LogP) is 4.46. The molecular weight excluding hydrogens is 418 g/mol. The number of fused-ring (bicyclic) bond motifs is 1. The molecule has 1 fully saturated rings. The fourth-order valence-corrected chi connectivity index (χ4v) is 4.92. The molecule has 0 unspecified atom stereocenters. The van der Waals surface area contributed by atoms with Gasteiger partial charge in [0.05, 0.1) is 5.75 Å². The van der Waals surface area contributed by atoms with E-state index in [1.54, 1.807) is 11.8 Å². The van der Waals surface area contributed by atoms with Gasteiger partial charge in [-0.3, -0.25) is 9.36 Å². The first-order valence-electron chi connectivity index (χ1n) is 11.4. The normalized spacial score (nSPS) is 15.1. The van der Waals surface area contributed by atoms with E-state index < -0.39 is 0 Å². The van der Waals surface area contributed by atoms with Crippen molar-refractivity contribution in [1.29, 1.82) is 0 Å². The quantitative estimate of drug-likeness (QED) is 0.491. The van der Waals surface area contributed by atoms with Crippen molar-refractivity contribution < 1.29 is 4.79 Å². The van der Waals surface area contributed by atoms with E-state index in [9.17, 15) is 4.79 Å². The summed E-state index contributed by atoms with van der Waals surface area (Å²) in [6.07, 6.45) is 3.57. The summed E-state index contributed by atoms with van der Waals surface area (Å²) >= 11 is 1.77. The van der Waals surface area contributed by atoms with Gasteiger partial charge in [-0.1, -0.05) is 42.0 Å². The van der Waals surface area contributed by atoms with E-state index in [0.29, 0.717) is 12.5 Å². The molecule has 1 amide bonds. The molecule has 0 atom stereocenters. The van der Waals surface area contributed by atoms with Gasteiger partial charge in [0.15, 0.2) is 0 Å². The van der Waals surface area contributed by atoms with Crippen molar-refractivity contribution in [2.75, 3.05) is 4.90 Å². The van der Waals surface area contributed by atoms with Gasteiger partial charge in [0, 0.05) is 37.0 Å². The number of nitrogens with zero attached hydrogens (tertiary/aromatic N) is 4. The highest BCUT2D eigenvalue weighted by Gasteiger charge is 2.25. The minimum absolute atomic E-state index is 0.159. The van der Waals surface area contributed by atoms with E-state index in [0.717, 1.165) is 56.4 Å². The number of carbonyl (C=O) groups excluding carboxylic acids is 1. The van der Waals surface area contributed by atoms with Gasteiger partial charge in [-0.05, 0) is 49.4 Å². The third-order valence-corrected chi connectivity index (χ3v) is 7.06. The number of amides is 1. The molecule has 0 bridgehead atoms. The highest BCUT2D eigenvalue weighted by atomic mass is 32.2. The molecule has 1 aliphatic carbocycles. The molecule has 166 valence electrons. The van der Waals surface area contributed by atoms with Gasteiger partial charge in [-0.15, -0.1) is 22.0 Å². The van der Waals surface area contributed by atoms with E-state index in [1.807, 2.05) is 0 Å². The third-order valence-electron chi connectivity index (χ3n) is 6.05. The molecule has 0 spiro atoms. The number of hydrogen-bond donors (Lipinski definition) is 1. The summed E-state index contributed by atoms with van der Waals surface area (Å²) in [7, 11) is 0. The Balaban J connectivity index is 1.30. The largest absolute Gasteiger partial charge is 0.353 e. The van der Waals surface area contributed by atoms with Gasteiger partial charge in [-0.2, -0.15) is 0 Å². The molecular formula is C25H29N5OS. The Hall–Kier alpha value is -2.80. The predicted molar refractivity (Wildman–Crippen MR) is 127 cm³/mol. The molecule has 1 N–H and O–H groups in total. The number of anilines is 1. The van der Waals surface area contributed by atoms with E-state index in [2.05, 4.69) is 80.4 Å². The fraction of sp³-hybridized carbons (Fsp3) is 0.400. The zero-order valence-corrected chi connectivity index (χ0v) is 19.3. The molecule has 2 aliphatic rings. The maximum atomic E-state index is 12.2. The topological polar surface area (TPSA) is 63.1 Å². The highest BCUT2D eigenvalue weighted by molar-refractivity contribution is 7.98. The van der Waals surface area contributed by atoms with Crippen LogP contribution in [0, 0.1) is 6.92 Å². The lowest BCUT2D eigenvalue weighted by atomic mass is 10.1. The Morgan fingerprint density at radius 1 is 1.06 bits per heavy atom. The zero-order chi connectivity index (χ0) is 21.9. The van der Waals surface area contributed by atoms with Gasteiger partial charge in [0.25, 0.3) is 0 Å². The van der Waals surface area contributed by atoms with Crippen LogP contribution in [0.15, 0.2) is 53.4 Å². The Bertz CT molecular complexity index is 1060. The van der Waals surface area contributed by atoms with Crippen LogP contribution in [-0.2, 0) is 30.2 Å². The van der Waals surface area contributed by atoms with Crippen LogP contribution in [0.3, 0.4) is 0 Å². The van der Waals surface area contributed by atoms with Crippen molar-refractivity contribution >= 4 is 23.6 Å². The summed E-state index contributed by atoms with van der Waals surface area (Å²) in [5.74, 6) is 2.78. The Morgan fingerprint density at radius 3 is 2.47 bits per heavy atom. The molecule has 32 heavy (non-hydrogen) atoms. The van der Waals surface area contributed by atoms with Crippen LogP contribution >= 0.6 is 11.8 Å². The first kappa shape index (κ1) is 21.1. The summed E-state index contributed by atoms with van der Waals surface area (Å²) in [6, 6.07) is 17.6. The summed E-state index contributed by atoms with van der Waals surface area (Å²) in [5, 5.41) is 12.2. The molecule has 1 saturated carbocycles. The van der Waals surface area contributed by atoms with Crippen molar-refractivity contribution in [2.24, 2.45) is 0 Å². The number of thioether (sulfide) groups is 1. The Morgan fingerprint density at radius 2 is 1.78 bits per heavy atom. The number of aromatic nitrogens is 3. The number of aryl methyl sites for hydroxylation is 1. The number of benzene rings is 2. The van der Waals surface area contributed by atoms with Crippen LogP contribution in [-0.4, -0.2) is 26.7 Å². The van der Waals surface area contributed by atoms with Crippen molar-refractivity contribution in [3.05, 3.63) is 71.0 Å². The second-order valence-corrected chi connectivity index (χ2v) is 9.79. The van der Waals surface area contributed by atoms with Gasteiger partial charge in [-0.25, -0.2) is 0 Å². The molecule has 0 radical (unpaired) electrons. The van der Waals surface area contributed by atoms with E-state index >= 15 is 0 Å². The summed E-state index contributed by atoms with van der Waals surface area (Å²) in [6.45, 7) is 4.55. The standard InChI is InChI=1S/C25H29N5OS/c1-18-8-12-22(13-9-18)32-17-23-27-28-25(29-15-19-5-2-3-6-20(19)16-29)30(23)14-4-7-24(31)26-21-10-11-21/h2-3,5-6,8-9,12-13,21H,4,7,10-11,14-17H2,1H3,(H,26,31). The minimum atomic E-state index is 0.159. The van der Waals surface area contributed by atoms with Gasteiger partial charge >= 0.3 is 0 Å². The first-order valence-corrected chi connectivity index (χ1v) is 12.4. The van der Waals surface area contributed by atoms with Crippen LogP contribution < -0.4 is 10.2 Å². The molecule has 0 saturated heterocycles. The maximum Gasteiger partial charge on any atom is 0.227 e. The lowest BCUT2D eigenvalue weighted by Gasteiger charge is -2.18. The fourth-order valence-electron chi connectivity index (χ4n) is 4.08. The second kappa shape index (κ2) is 9.36. The average Bonchev–Trinajstić information content (AvgIpc) is 3.35. The van der Waals surface area contributed by atoms with Crippen LogP contribution in [0.4, 0.5) is 5.95 Å². The summed E-state index contributed by atoms with van der Waals surface area (Å²) < 4.78 is 2.22. The summed E-state index contributed by atoms with van der Waals surface area (Å²) in [4.78, 5) is 15.7. The van der Waals surface area contributed by atoms with Crippen molar-refractivity contribution in [2.45, 2.75) is 68.9 Å². The van der Waals surface area contributed by atoms with Crippen LogP contribution in [0.25, 0.3) is 0 Å². The Labute approximate surface area is 193 Å². The number of hydrogen-bond acceptors (Lipinski definition) is 5. The number of carbonyl (C=O) groups is 1. The molecule has 3 aromatic rings. The molecule has 5 rings (SSSR count). The molecule has 7 heteroatoms. The maximum absolute atomic E-state index is 12.2. The van der Waals surface area contributed by atoms with E-state index in [1.165, 1.54) is 21.6 Å². The van der Waals surface area contributed by atoms with Gasteiger partial charge in [0.1, 0.15) is 5.82 Å². The van der Waals surface area contributed by atoms with Crippen molar-refractivity contribution in [1.82, 2.24) is 20.1 Å². The van der Waals surface area contributed by atoms with E-state index in [4.69, 9.17) is 0 Å². The summed E-state index contributed by atoms with van der Waals surface area (Å²) in [5.41, 5.74) is 3.96. The van der Waals surface area contributed by atoms with Gasteiger partial charge in [0.2, 0.25) is 11.9 Å².